The number of hydrogen-bond acceptors (Lipinski definition) is 3. The second-order valence-corrected chi connectivity index (χ2v) is 5.86. The van der Waals surface area contributed by atoms with Gasteiger partial charge in [-0.3, -0.25) is 9.63 Å². The Labute approximate surface area is 104 Å². The molecule has 4 heteroatoms. The van der Waals surface area contributed by atoms with E-state index in [-0.39, 0.29) is 11.3 Å². The van der Waals surface area contributed by atoms with Crippen LogP contribution in [0.1, 0.15) is 46.5 Å². The van der Waals surface area contributed by atoms with Crippen molar-refractivity contribution in [3.63, 3.8) is 0 Å². The maximum absolute atomic E-state index is 11.9. The molecule has 1 heterocycles. The fourth-order valence-electron chi connectivity index (χ4n) is 2.28. The van der Waals surface area contributed by atoms with E-state index in [1.165, 1.54) is 5.06 Å². The van der Waals surface area contributed by atoms with Crippen LogP contribution in [0.4, 0.5) is 0 Å². The number of carbonyl (C=O) groups excluding carboxylic acids is 1. The van der Waals surface area contributed by atoms with Crippen LogP contribution in [0, 0.1) is 11.3 Å². The van der Waals surface area contributed by atoms with E-state index in [1.54, 1.807) is 0 Å². The highest BCUT2D eigenvalue weighted by atomic mass is 16.7. The average molecular weight is 242 g/mol. The van der Waals surface area contributed by atoms with Gasteiger partial charge in [-0.2, -0.15) is 0 Å². The molecule has 1 saturated heterocycles. The fraction of sp³-hybridized carbons (Fsp3) is 0.923. The standard InChI is InChI=1S/C13H26N2O2/c1-13(2,3)11(7-8-14)5-6-12(16)15-9-4-10-17-15/h11H,4-10,14H2,1-3H3. The lowest BCUT2D eigenvalue weighted by atomic mass is 9.76. The van der Waals surface area contributed by atoms with Gasteiger partial charge in [-0.15, -0.1) is 0 Å². The monoisotopic (exact) mass is 242 g/mol. The van der Waals surface area contributed by atoms with Crippen LogP contribution in [0.5, 0.6) is 0 Å². The Morgan fingerprint density at radius 3 is 2.59 bits per heavy atom. The van der Waals surface area contributed by atoms with Crippen LogP contribution in [0.3, 0.4) is 0 Å². The summed E-state index contributed by atoms with van der Waals surface area (Å²) in [5.41, 5.74) is 5.85. The molecule has 0 aromatic carbocycles. The topological polar surface area (TPSA) is 55.6 Å². The van der Waals surface area contributed by atoms with Crippen molar-refractivity contribution in [1.82, 2.24) is 5.06 Å². The molecule has 0 saturated carbocycles. The van der Waals surface area contributed by atoms with E-state index < -0.39 is 0 Å². The SMILES string of the molecule is CC(C)(C)C(CCN)CCC(=O)N1CCCO1. The predicted octanol–water partition coefficient (Wildman–Crippen LogP) is 1.94. The largest absolute Gasteiger partial charge is 0.330 e. The second-order valence-electron chi connectivity index (χ2n) is 5.86. The van der Waals surface area contributed by atoms with Crippen LogP contribution in [-0.2, 0) is 9.63 Å². The van der Waals surface area contributed by atoms with Gasteiger partial charge in [0.05, 0.1) is 13.2 Å². The van der Waals surface area contributed by atoms with Gasteiger partial charge in [0.2, 0.25) is 5.91 Å². The Morgan fingerprint density at radius 2 is 2.12 bits per heavy atom. The summed E-state index contributed by atoms with van der Waals surface area (Å²) in [6.07, 6.45) is 3.41. The quantitative estimate of drug-likeness (QED) is 0.801. The molecule has 2 N–H and O–H groups in total. The zero-order valence-corrected chi connectivity index (χ0v) is 11.4. The number of hydrogen-bond donors (Lipinski definition) is 1. The van der Waals surface area contributed by atoms with E-state index in [0.29, 0.717) is 25.5 Å². The summed E-state index contributed by atoms with van der Waals surface area (Å²) >= 11 is 0. The first-order valence-corrected chi connectivity index (χ1v) is 6.58. The van der Waals surface area contributed by atoms with Crippen molar-refractivity contribution in [2.75, 3.05) is 19.7 Å². The van der Waals surface area contributed by atoms with Gasteiger partial charge in [0.1, 0.15) is 0 Å². The highest BCUT2D eigenvalue weighted by molar-refractivity contribution is 5.75. The highest BCUT2D eigenvalue weighted by Gasteiger charge is 2.26. The molecule has 17 heavy (non-hydrogen) atoms. The Balaban J connectivity index is 2.37. The van der Waals surface area contributed by atoms with Crippen molar-refractivity contribution in [2.24, 2.45) is 17.1 Å². The molecule has 0 spiro atoms. The van der Waals surface area contributed by atoms with Crippen LogP contribution in [-0.4, -0.2) is 30.7 Å². The highest BCUT2D eigenvalue weighted by Crippen LogP contribution is 2.32. The molecule has 100 valence electrons. The summed E-state index contributed by atoms with van der Waals surface area (Å²) in [5, 5.41) is 1.52. The first-order valence-electron chi connectivity index (χ1n) is 6.58. The van der Waals surface area contributed by atoms with Gasteiger partial charge < -0.3 is 5.73 Å². The second kappa shape index (κ2) is 6.36. The van der Waals surface area contributed by atoms with Crippen LogP contribution >= 0.6 is 0 Å². The van der Waals surface area contributed by atoms with Gasteiger partial charge in [0.15, 0.2) is 0 Å². The van der Waals surface area contributed by atoms with E-state index in [2.05, 4.69) is 20.8 Å². The molecular weight excluding hydrogens is 216 g/mol. The zero-order chi connectivity index (χ0) is 12.9. The molecule has 0 aromatic heterocycles. The molecule has 0 aliphatic carbocycles. The molecule has 1 amide bonds. The predicted molar refractivity (Wildman–Crippen MR) is 68.1 cm³/mol. The van der Waals surface area contributed by atoms with Crippen molar-refractivity contribution in [3.05, 3.63) is 0 Å². The van der Waals surface area contributed by atoms with Crippen molar-refractivity contribution in [2.45, 2.75) is 46.5 Å². The first-order chi connectivity index (χ1) is 7.95. The van der Waals surface area contributed by atoms with E-state index >= 15 is 0 Å². The fourth-order valence-corrected chi connectivity index (χ4v) is 2.28. The molecule has 1 fully saturated rings. The van der Waals surface area contributed by atoms with E-state index in [1.807, 2.05) is 0 Å². The smallest absolute Gasteiger partial charge is 0.246 e. The van der Waals surface area contributed by atoms with Crippen molar-refractivity contribution in [3.8, 4) is 0 Å². The Morgan fingerprint density at radius 1 is 1.41 bits per heavy atom. The molecule has 0 bridgehead atoms. The van der Waals surface area contributed by atoms with Crippen molar-refractivity contribution in [1.29, 1.82) is 0 Å². The van der Waals surface area contributed by atoms with Gasteiger partial charge in [-0.05, 0) is 37.1 Å². The van der Waals surface area contributed by atoms with Crippen LogP contribution in [0.15, 0.2) is 0 Å². The third kappa shape index (κ3) is 4.64. The maximum atomic E-state index is 11.9. The molecule has 4 nitrogen and oxygen atoms in total. The first kappa shape index (κ1) is 14.5. The molecule has 0 aromatic rings. The summed E-state index contributed by atoms with van der Waals surface area (Å²) in [7, 11) is 0. The summed E-state index contributed by atoms with van der Waals surface area (Å²) in [6, 6.07) is 0. The lowest BCUT2D eigenvalue weighted by molar-refractivity contribution is -0.169. The number of carbonyl (C=O) groups is 1. The zero-order valence-electron chi connectivity index (χ0n) is 11.4. The average Bonchev–Trinajstić information content (AvgIpc) is 2.75. The summed E-state index contributed by atoms with van der Waals surface area (Å²) in [5.74, 6) is 0.618. The normalized spacial score (nSPS) is 18.5. The summed E-state index contributed by atoms with van der Waals surface area (Å²) in [6.45, 7) is 8.75. The maximum Gasteiger partial charge on any atom is 0.246 e. The molecule has 0 radical (unpaired) electrons. The van der Waals surface area contributed by atoms with Gasteiger partial charge in [-0.1, -0.05) is 20.8 Å². The summed E-state index contributed by atoms with van der Waals surface area (Å²) in [4.78, 5) is 17.1. The number of rotatable bonds is 5. The molecular formula is C13H26N2O2. The minimum absolute atomic E-state index is 0.119. The van der Waals surface area contributed by atoms with Crippen LogP contribution in [0.25, 0.3) is 0 Å². The minimum Gasteiger partial charge on any atom is -0.330 e. The van der Waals surface area contributed by atoms with Gasteiger partial charge in [-0.25, -0.2) is 5.06 Å². The lowest BCUT2D eigenvalue weighted by Crippen LogP contribution is -2.29. The van der Waals surface area contributed by atoms with E-state index in [4.69, 9.17) is 10.6 Å². The molecule has 1 unspecified atom stereocenters. The van der Waals surface area contributed by atoms with E-state index in [0.717, 1.165) is 25.8 Å². The lowest BCUT2D eigenvalue weighted by Gasteiger charge is -2.30. The molecule has 1 aliphatic rings. The van der Waals surface area contributed by atoms with Gasteiger partial charge >= 0.3 is 0 Å². The van der Waals surface area contributed by atoms with E-state index in [9.17, 15) is 4.79 Å². The molecule has 1 rings (SSSR count). The van der Waals surface area contributed by atoms with Crippen molar-refractivity contribution >= 4 is 5.91 Å². The number of nitrogens with zero attached hydrogens (tertiary/aromatic N) is 1. The Kier molecular flexibility index (Phi) is 5.40. The van der Waals surface area contributed by atoms with Crippen LogP contribution in [0.2, 0.25) is 0 Å². The number of hydroxylamine groups is 2. The number of amides is 1. The van der Waals surface area contributed by atoms with Gasteiger partial charge in [0, 0.05) is 6.42 Å². The Hall–Kier alpha value is -0.610. The number of nitrogens with two attached hydrogens (primary N) is 1. The third-order valence-corrected chi connectivity index (χ3v) is 3.48. The van der Waals surface area contributed by atoms with Gasteiger partial charge in [0.25, 0.3) is 0 Å². The minimum atomic E-state index is 0.119. The van der Waals surface area contributed by atoms with Crippen molar-refractivity contribution < 1.29 is 9.63 Å². The summed E-state index contributed by atoms with van der Waals surface area (Å²) < 4.78 is 0. The molecule has 1 atom stereocenters. The van der Waals surface area contributed by atoms with Crippen LogP contribution < -0.4 is 5.73 Å². The Bertz CT molecular complexity index is 242. The molecule has 1 aliphatic heterocycles. The third-order valence-electron chi connectivity index (χ3n) is 3.48.